The third kappa shape index (κ3) is 3.83. The monoisotopic (exact) mass is 279 g/mol. The van der Waals surface area contributed by atoms with E-state index in [4.69, 9.17) is 0 Å². The van der Waals surface area contributed by atoms with Crippen molar-refractivity contribution in [2.24, 2.45) is 0 Å². The van der Waals surface area contributed by atoms with Crippen LogP contribution in [0.15, 0.2) is 24.3 Å². The Morgan fingerprint density at radius 2 is 1.84 bits per heavy atom. The third-order valence-electron chi connectivity index (χ3n) is 2.66. The van der Waals surface area contributed by atoms with E-state index in [1.165, 1.54) is 11.2 Å². The quantitative estimate of drug-likeness (QED) is 0.612. The van der Waals surface area contributed by atoms with Crippen molar-refractivity contribution in [3.63, 3.8) is 0 Å². The van der Waals surface area contributed by atoms with Crippen LogP contribution in [0.3, 0.4) is 0 Å². The molecule has 0 N–H and O–H groups in total. The number of benzene rings is 1. The molecule has 4 nitrogen and oxygen atoms in total. The van der Waals surface area contributed by atoms with Crippen LogP contribution in [0.4, 0.5) is 5.69 Å². The normalized spacial score (nSPS) is 10.5. The first-order valence-electron chi connectivity index (χ1n) is 5.93. The van der Waals surface area contributed by atoms with Gasteiger partial charge in [0.05, 0.1) is 18.0 Å². The van der Waals surface area contributed by atoms with E-state index in [-0.39, 0.29) is 18.1 Å². The maximum Gasteiger partial charge on any atom is 0.235 e. The lowest BCUT2D eigenvalue weighted by molar-refractivity contribution is 0.101. The van der Waals surface area contributed by atoms with Crippen molar-refractivity contribution in [2.45, 2.75) is 20.8 Å². The number of hydrogen-bond donors (Lipinski definition) is 0. The summed E-state index contributed by atoms with van der Waals surface area (Å²) in [4.78, 5) is 11.2. The van der Waals surface area contributed by atoms with Gasteiger partial charge in [0, 0.05) is 5.56 Å². The summed E-state index contributed by atoms with van der Waals surface area (Å²) < 4.78 is 25.3. The first-order valence-corrected chi connectivity index (χ1v) is 7.54. The summed E-state index contributed by atoms with van der Waals surface area (Å²) in [5.41, 5.74) is 1.08. The Balaban J connectivity index is 3.17. The van der Waals surface area contributed by atoms with Crippen LogP contribution in [0.2, 0.25) is 0 Å². The van der Waals surface area contributed by atoms with E-state index in [0.29, 0.717) is 11.3 Å². The Labute approximate surface area is 114 Å². The molecule has 19 heavy (non-hydrogen) atoms. The molecule has 0 aliphatic carbocycles. The summed E-state index contributed by atoms with van der Waals surface area (Å²) >= 11 is 0. The molecule has 0 saturated heterocycles. The molecule has 1 rings (SSSR count). The number of carbonyl (C=O) groups is 1. The number of Topliss-reactive ketones (excluding diaryl/α,β-unsaturated/α-hetero) is 1. The van der Waals surface area contributed by atoms with Gasteiger partial charge in [0.15, 0.2) is 5.78 Å². The van der Waals surface area contributed by atoms with Crippen molar-refractivity contribution in [1.29, 1.82) is 0 Å². The van der Waals surface area contributed by atoms with E-state index in [9.17, 15) is 13.2 Å². The fraction of sp³-hybridized carbons (Fsp3) is 0.357. The van der Waals surface area contributed by atoms with Gasteiger partial charge in [-0.05, 0) is 45.0 Å². The Bertz CT molecular complexity index is 606. The van der Waals surface area contributed by atoms with Crippen molar-refractivity contribution in [2.75, 3.05) is 16.6 Å². The molecule has 0 fully saturated rings. The van der Waals surface area contributed by atoms with Crippen molar-refractivity contribution in [3.05, 3.63) is 29.8 Å². The molecule has 102 valence electrons. The van der Waals surface area contributed by atoms with E-state index < -0.39 is 10.0 Å². The number of anilines is 1. The van der Waals surface area contributed by atoms with Gasteiger partial charge in [-0.25, -0.2) is 8.42 Å². The molecule has 0 aromatic heterocycles. The highest BCUT2D eigenvalue weighted by Crippen LogP contribution is 2.19. The molecule has 0 spiro atoms. The zero-order valence-corrected chi connectivity index (χ0v) is 12.1. The fourth-order valence-electron chi connectivity index (χ4n) is 1.52. The SMILES string of the molecule is CC#CCN(c1ccc(C(C)=O)cc1)S(=O)(=O)CC. The highest BCUT2D eigenvalue weighted by molar-refractivity contribution is 7.92. The maximum atomic E-state index is 12.0. The van der Waals surface area contributed by atoms with Gasteiger partial charge in [-0.3, -0.25) is 9.10 Å². The summed E-state index contributed by atoms with van der Waals surface area (Å²) in [7, 11) is -3.37. The number of sulfonamides is 1. The summed E-state index contributed by atoms with van der Waals surface area (Å²) in [6.07, 6.45) is 0. The molecular formula is C14H17NO3S. The second kappa shape index (κ2) is 6.39. The minimum absolute atomic E-state index is 0.00680. The fourth-order valence-corrected chi connectivity index (χ4v) is 2.54. The van der Waals surface area contributed by atoms with Gasteiger partial charge in [0.2, 0.25) is 10.0 Å². The third-order valence-corrected chi connectivity index (χ3v) is 4.40. The first-order chi connectivity index (χ1) is 8.92. The van der Waals surface area contributed by atoms with Crippen LogP contribution < -0.4 is 4.31 Å². The lowest BCUT2D eigenvalue weighted by Crippen LogP contribution is -2.32. The van der Waals surface area contributed by atoms with Crippen LogP contribution >= 0.6 is 0 Å². The average molecular weight is 279 g/mol. The number of hydrogen-bond acceptors (Lipinski definition) is 3. The lowest BCUT2D eigenvalue weighted by Gasteiger charge is -2.21. The van der Waals surface area contributed by atoms with Gasteiger partial charge in [-0.15, -0.1) is 5.92 Å². The summed E-state index contributed by atoms with van der Waals surface area (Å²) in [6.45, 7) is 4.84. The van der Waals surface area contributed by atoms with Crippen LogP contribution in [0.25, 0.3) is 0 Å². The van der Waals surface area contributed by atoms with Crippen molar-refractivity contribution in [3.8, 4) is 11.8 Å². The Kier molecular flexibility index (Phi) is 5.13. The molecule has 0 radical (unpaired) electrons. The summed E-state index contributed by atoms with van der Waals surface area (Å²) in [5, 5.41) is 0. The minimum atomic E-state index is -3.37. The Hall–Kier alpha value is -1.80. The largest absolute Gasteiger partial charge is 0.295 e. The maximum absolute atomic E-state index is 12.0. The van der Waals surface area contributed by atoms with Gasteiger partial charge in [-0.2, -0.15) is 0 Å². The zero-order chi connectivity index (χ0) is 14.5. The second-order valence-corrected chi connectivity index (χ2v) is 6.12. The van der Waals surface area contributed by atoms with Crippen molar-refractivity contribution in [1.82, 2.24) is 0 Å². The molecule has 1 aromatic rings. The molecule has 0 aliphatic heterocycles. The predicted molar refractivity (Wildman–Crippen MR) is 76.7 cm³/mol. The average Bonchev–Trinajstić information content (AvgIpc) is 2.39. The summed E-state index contributed by atoms with van der Waals surface area (Å²) in [5.74, 6) is 5.39. The van der Waals surface area contributed by atoms with Crippen LogP contribution in [0.1, 0.15) is 31.1 Å². The topological polar surface area (TPSA) is 54.5 Å². The molecule has 0 heterocycles. The highest BCUT2D eigenvalue weighted by Gasteiger charge is 2.19. The van der Waals surface area contributed by atoms with Crippen molar-refractivity contribution < 1.29 is 13.2 Å². The molecule has 0 amide bonds. The molecule has 0 saturated carbocycles. The van der Waals surface area contributed by atoms with Gasteiger partial charge in [-0.1, -0.05) is 5.92 Å². The summed E-state index contributed by atoms with van der Waals surface area (Å²) in [6, 6.07) is 6.49. The van der Waals surface area contributed by atoms with Crippen LogP contribution in [0, 0.1) is 11.8 Å². The Morgan fingerprint density at radius 3 is 2.26 bits per heavy atom. The van der Waals surface area contributed by atoms with Gasteiger partial charge in [0.1, 0.15) is 0 Å². The smallest absolute Gasteiger partial charge is 0.235 e. The molecule has 0 unspecified atom stereocenters. The lowest BCUT2D eigenvalue weighted by atomic mass is 10.1. The highest BCUT2D eigenvalue weighted by atomic mass is 32.2. The predicted octanol–water partition coefficient (Wildman–Crippen LogP) is 2.07. The van der Waals surface area contributed by atoms with Crippen LogP contribution in [0.5, 0.6) is 0 Å². The standard InChI is InChI=1S/C14H17NO3S/c1-4-6-11-15(19(17,18)5-2)14-9-7-13(8-10-14)12(3)16/h7-10H,5,11H2,1-3H3. The van der Waals surface area contributed by atoms with E-state index in [1.807, 2.05) is 0 Å². The molecule has 0 aliphatic rings. The molecule has 0 atom stereocenters. The molecule has 0 bridgehead atoms. The van der Waals surface area contributed by atoms with E-state index >= 15 is 0 Å². The number of carbonyl (C=O) groups excluding carboxylic acids is 1. The molecular weight excluding hydrogens is 262 g/mol. The molecule has 5 heteroatoms. The number of ketones is 1. The van der Waals surface area contributed by atoms with E-state index in [2.05, 4.69) is 11.8 Å². The van der Waals surface area contributed by atoms with Gasteiger partial charge < -0.3 is 0 Å². The minimum Gasteiger partial charge on any atom is -0.295 e. The second-order valence-electron chi connectivity index (χ2n) is 3.94. The van der Waals surface area contributed by atoms with E-state index in [0.717, 1.165) is 0 Å². The van der Waals surface area contributed by atoms with Gasteiger partial charge in [0.25, 0.3) is 0 Å². The van der Waals surface area contributed by atoms with E-state index in [1.54, 1.807) is 38.1 Å². The molecule has 1 aromatic carbocycles. The van der Waals surface area contributed by atoms with Gasteiger partial charge >= 0.3 is 0 Å². The number of nitrogens with zero attached hydrogens (tertiary/aromatic N) is 1. The van der Waals surface area contributed by atoms with Crippen molar-refractivity contribution >= 4 is 21.5 Å². The van der Waals surface area contributed by atoms with Crippen LogP contribution in [-0.2, 0) is 10.0 Å². The Morgan fingerprint density at radius 1 is 1.26 bits per heavy atom. The zero-order valence-electron chi connectivity index (χ0n) is 11.3. The number of rotatable bonds is 5. The van der Waals surface area contributed by atoms with Crippen LogP contribution in [-0.4, -0.2) is 26.5 Å². The first kappa shape index (κ1) is 15.3.